The van der Waals surface area contributed by atoms with E-state index in [1.165, 1.54) is 0 Å². The Balaban J connectivity index is 1.98. The SMILES string of the molecule is CC(C)(C)OC(=O)N1CCN(c2ccc(Cl)c(C#N)c2)CC1. The lowest BCUT2D eigenvalue weighted by atomic mass is 10.2. The molecule has 1 fully saturated rings. The van der Waals surface area contributed by atoms with E-state index in [4.69, 9.17) is 21.6 Å². The predicted octanol–water partition coefficient (Wildman–Crippen LogP) is 3.27. The quantitative estimate of drug-likeness (QED) is 0.796. The third-order valence-electron chi connectivity index (χ3n) is 3.37. The smallest absolute Gasteiger partial charge is 0.410 e. The molecule has 1 aliphatic heterocycles. The molecule has 1 aromatic rings. The maximum Gasteiger partial charge on any atom is 0.410 e. The second-order valence-corrected chi connectivity index (χ2v) is 6.64. The Hall–Kier alpha value is -1.93. The maximum absolute atomic E-state index is 12.0. The van der Waals surface area contributed by atoms with Crippen LogP contribution in [0, 0.1) is 11.3 Å². The summed E-state index contributed by atoms with van der Waals surface area (Å²) < 4.78 is 5.38. The molecule has 1 amide bonds. The number of halogens is 1. The molecule has 5 nitrogen and oxygen atoms in total. The lowest BCUT2D eigenvalue weighted by Crippen LogP contribution is -2.50. The summed E-state index contributed by atoms with van der Waals surface area (Å²) in [4.78, 5) is 15.9. The fourth-order valence-corrected chi connectivity index (χ4v) is 2.43. The van der Waals surface area contributed by atoms with Gasteiger partial charge in [0.2, 0.25) is 0 Å². The first kappa shape index (κ1) is 16.4. The third kappa shape index (κ3) is 4.05. The summed E-state index contributed by atoms with van der Waals surface area (Å²) in [6.45, 7) is 8.17. The van der Waals surface area contributed by atoms with Gasteiger partial charge in [0.15, 0.2) is 0 Å². The van der Waals surface area contributed by atoms with Gasteiger partial charge in [0, 0.05) is 31.9 Å². The first-order valence-corrected chi connectivity index (χ1v) is 7.60. The van der Waals surface area contributed by atoms with Crippen LogP contribution in [0.15, 0.2) is 18.2 Å². The minimum absolute atomic E-state index is 0.277. The van der Waals surface area contributed by atoms with Gasteiger partial charge in [-0.25, -0.2) is 4.79 Å². The van der Waals surface area contributed by atoms with Gasteiger partial charge in [-0.3, -0.25) is 0 Å². The summed E-state index contributed by atoms with van der Waals surface area (Å²) in [5.41, 5.74) is 0.935. The summed E-state index contributed by atoms with van der Waals surface area (Å²) in [6, 6.07) is 7.49. The Bertz CT molecular complexity index is 596. The highest BCUT2D eigenvalue weighted by molar-refractivity contribution is 6.31. The van der Waals surface area contributed by atoms with E-state index in [1.807, 2.05) is 26.8 Å². The molecule has 118 valence electrons. The zero-order chi connectivity index (χ0) is 16.3. The minimum Gasteiger partial charge on any atom is -0.444 e. The van der Waals surface area contributed by atoms with E-state index < -0.39 is 5.60 Å². The number of carbonyl (C=O) groups excluding carboxylic acids is 1. The van der Waals surface area contributed by atoms with Crippen molar-refractivity contribution in [1.82, 2.24) is 4.90 Å². The summed E-state index contributed by atoms with van der Waals surface area (Å²) in [5.74, 6) is 0. The molecule has 0 unspecified atom stereocenters. The van der Waals surface area contributed by atoms with Crippen LogP contribution in [0.25, 0.3) is 0 Å². The number of hydrogen-bond acceptors (Lipinski definition) is 4. The van der Waals surface area contributed by atoms with Gasteiger partial charge >= 0.3 is 6.09 Å². The van der Waals surface area contributed by atoms with Crippen molar-refractivity contribution in [3.05, 3.63) is 28.8 Å². The fourth-order valence-electron chi connectivity index (χ4n) is 2.27. The average molecular weight is 322 g/mol. The van der Waals surface area contributed by atoms with Crippen molar-refractivity contribution in [3.63, 3.8) is 0 Å². The zero-order valence-corrected chi connectivity index (χ0v) is 13.9. The molecule has 0 N–H and O–H groups in total. The monoisotopic (exact) mass is 321 g/mol. The van der Waals surface area contributed by atoms with Crippen LogP contribution in [0.1, 0.15) is 26.3 Å². The van der Waals surface area contributed by atoms with E-state index in [0.717, 1.165) is 5.69 Å². The number of hydrogen-bond donors (Lipinski definition) is 0. The van der Waals surface area contributed by atoms with Crippen molar-refractivity contribution in [2.75, 3.05) is 31.1 Å². The van der Waals surface area contributed by atoms with Gasteiger partial charge in [0.25, 0.3) is 0 Å². The van der Waals surface area contributed by atoms with Gasteiger partial charge in [-0.1, -0.05) is 11.6 Å². The number of nitrogens with zero attached hydrogens (tertiary/aromatic N) is 3. The van der Waals surface area contributed by atoms with Gasteiger partial charge < -0.3 is 14.5 Å². The van der Waals surface area contributed by atoms with Crippen molar-refractivity contribution in [2.24, 2.45) is 0 Å². The highest BCUT2D eigenvalue weighted by Gasteiger charge is 2.26. The van der Waals surface area contributed by atoms with E-state index in [0.29, 0.717) is 36.8 Å². The van der Waals surface area contributed by atoms with E-state index in [-0.39, 0.29) is 6.09 Å². The molecule has 1 aromatic carbocycles. The largest absolute Gasteiger partial charge is 0.444 e. The van der Waals surface area contributed by atoms with E-state index >= 15 is 0 Å². The lowest BCUT2D eigenvalue weighted by molar-refractivity contribution is 0.0240. The first-order valence-electron chi connectivity index (χ1n) is 7.23. The average Bonchev–Trinajstić information content (AvgIpc) is 2.46. The van der Waals surface area contributed by atoms with E-state index in [1.54, 1.807) is 17.0 Å². The molecule has 0 bridgehead atoms. The minimum atomic E-state index is -0.480. The van der Waals surface area contributed by atoms with E-state index in [2.05, 4.69) is 11.0 Å². The van der Waals surface area contributed by atoms with Crippen LogP contribution in [-0.4, -0.2) is 42.8 Å². The Kier molecular flexibility index (Phi) is 4.82. The molecule has 0 radical (unpaired) electrons. The first-order chi connectivity index (χ1) is 10.3. The van der Waals surface area contributed by atoms with Crippen LogP contribution < -0.4 is 4.90 Å². The number of amides is 1. The second kappa shape index (κ2) is 6.45. The Morgan fingerprint density at radius 2 is 1.91 bits per heavy atom. The number of nitriles is 1. The Labute approximate surface area is 136 Å². The van der Waals surface area contributed by atoms with Crippen molar-refractivity contribution in [3.8, 4) is 6.07 Å². The van der Waals surface area contributed by atoms with Crippen LogP contribution in [0.4, 0.5) is 10.5 Å². The molecule has 6 heteroatoms. The third-order valence-corrected chi connectivity index (χ3v) is 3.70. The van der Waals surface area contributed by atoms with Crippen molar-refractivity contribution in [2.45, 2.75) is 26.4 Å². The van der Waals surface area contributed by atoms with Gasteiger partial charge in [0.1, 0.15) is 11.7 Å². The number of piperazine rings is 1. The molecule has 1 heterocycles. The molecule has 0 atom stereocenters. The van der Waals surface area contributed by atoms with Gasteiger partial charge in [-0.05, 0) is 39.0 Å². The summed E-state index contributed by atoms with van der Waals surface area (Å²) in [5, 5.41) is 9.50. The van der Waals surface area contributed by atoms with Gasteiger partial charge in [-0.2, -0.15) is 5.26 Å². The molecular weight excluding hydrogens is 302 g/mol. The van der Waals surface area contributed by atoms with Gasteiger partial charge in [0.05, 0.1) is 10.6 Å². The summed E-state index contributed by atoms with van der Waals surface area (Å²) in [7, 11) is 0. The Morgan fingerprint density at radius 1 is 1.27 bits per heavy atom. The summed E-state index contributed by atoms with van der Waals surface area (Å²) >= 11 is 5.95. The standard InChI is InChI=1S/C16H20ClN3O2/c1-16(2,3)22-15(21)20-8-6-19(7-9-20)13-4-5-14(17)12(10-13)11-18/h4-5,10H,6-9H2,1-3H3. The molecule has 2 rings (SSSR count). The molecule has 0 aliphatic carbocycles. The molecule has 1 saturated heterocycles. The molecule has 1 aliphatic rings. The van der Waals surface area contributed by atoms with Crippen LogP contribution in [0.3, 0.4) is 0 Å². The van der Waals surface area contributed by atoms with Crippen LogP contribution in [0.5, 0.6) is 0 Å². The zero-order valence-electron chi connectivity index (χ0n) is 13.1. The normalized spacial score (nSPS) is 15.4. The van der Waals surface area contributed by atoms with Gasteiger partial charge in [-0.15, -0.1) is 0 Å². The van der Waals surface area contributed by atoms with Crippen molar-refractivity contribution >= 4 is 23.4 Å². The van der Waals surface area contributed by atoms with E-state index in [9.17, 15) is 4.79 Å². The topological polar surface area (TPSA) is 56.6 Å². The molecule has 0 saturated carbocycles. The molecule has 0 spiro atoms. The number of benzene rings is 1. The van der Waals surface area contributed by atoms with Crippen molar-refractivity contribution < 1.29 is 9.53 Å². The fraction of sp³-hybridized carbons (Fsp3) is 0.500. The maximum atomic E-state index is 12.0. The molecule has 22 heavy (non-hydrogen) atoms. The van der Waals surface area contributed by atoms with Crippen LogP contribution in [0.2, 0.25) is 5.02 Å². The number of ether oxygens (including phenoxy) is 1. The Morgan fingerprint density at radius 3 is 2.45 bits per heavy atom. The lowest BCUT2D eigenvalue weighted by Gasteiger charge is -2.36. The highest BCUT2D eigenvalue weighted by Crippen LogP contribution is 2.24. The second-order valence-electron chi connectivity index (χ2n) is 6.23. The summed E-state index contributed by atoms with van der Waals surface area (Å²) in [6.07, 6.45) is -0.277. The number of carbonyl (C=O) groups is 1. The van der Waals surface area contributed by atoms with Crippen molar-refractivity contribution in [1.29, 1.82) is 5.26 Å². The van der Waals surface area contributed by atoms with Crippen LogP contribution >= 0.6 is 11.6 Å². The molecular formula is C16H20ClN3O2. The highest BCUT2D eigenvalue weighted by atomic mass is 35.5. The molecule has 0 aromatic heterocycles. The predicted molar refractivity (Wildman–Crippen MR) is 86.2 cm³/mol. The van der Waals surface area contributed by atoms with Crippen LogP contribution in [-0.2, 0) is 4.74 Å². The number of anilines is 1. The number of rotatable bonds is 1.